The minimum absolute atomic E-state index is 0.291. The zero-order valence-corrected chi connectivity index (χ0v) is 13.3. The number of methoxy groups -OCH3 is 2. The molecule has 0 unspecified atom stereocenters. The Morgan fingerprint density at radius 2 is 1.67 bits per heavy atom. The summed E-state index contributed by atoms with van der Waals surface area (Å²) in [5.74, 6) is -1.23. The van der Waals surface area contributed by atoms with Crippen molar-refractivity contribution < 1.29 is 23.8 Å². The second-order valence-corrected chi connectivity index (χ2v) is 5.70. The Morgan fingerprint density at radius 1 is 1.05 bits per heavy atom. The van der Waals surface area contributed by atoms with Gasteiger partial charge in [0.25, 0.3) is 0 Å². The van der Waals surface area contributed by atoms with E-state index in [0.29, 0.717) is 26.8 Å². The number of esters is 2. The lowest BCUT2D eigenvalue weighted by molar-refractivity contribution is -0.149. The fourth-order valence-electron chi connectivity index (χ4n) is 2.19. The summed E-state index contributed by atoms with van der Waals surface area (Å²) in [4.78, 5) is 23.8. The summed E-state index contributed by atoms with van der Waals surface area (Å²) in [5, 5.41) is 1.29. The van der Waals surface area contributed by atoms with Crippen LogP contribution in [0.1, 0.15) is 26.3 Å². The predicted molar refractivity (Wildman–Crippen MR) is 79.5 cm³/mol. The van der Waals surface area contributed by atoms with E-state index in [2.05, 4.69) is 0 Å². The summed E-state index contributed by atoms with van der Waals surface area (Å²) in [5.41, 5.74) is 2.71. The first-order chi connectivity index (χ1) is 9.90. The van der Waals surface area contributed by atoms with Crippen LogP contribution < -0.4 is 9.47 Å². The van der Waals surface area contributed by atoms with E-state index in [1.165, 1.54) is 11.3 Å². The van der Waals surface area contributed by atoms with Crippen molar-refractivity contribution in [2.45, 2.75) is 20.8 Å². The molecule has 1 aromatic heterocycles. The molecule has 1 aromatic rings. The largest absolute Gasteiger partial charge is 0.487 e. The van der Waals surface area contributed by atoms with Crippen LogP contribution in [0.2, 0.25) is 0 Å². The van der Waals surface area contributed by atoms with E-state index in [9.17, 15) is 9.59 Å². The number of cyclic esters (lactones) is 2. The van der Waals surface area contributed by atoms with Crippen molar-refractivity contribution in [1.29, 1.82) is 0 Å². The van der Waals surface area contributed by atoms with Crippen molar-refractivity contribution in [2.75, 3.05) is 14.2 Å². The summed E-state index contributed by atoms with van der Waals surface area (Å²) in [6, 6.07) is 1.78. The average Bonchev–Trinajstić information content (AvgIpc) is 2.98. The van der Waals surface area contributed by atoms with Gasteiger partial charge in [-0.3, -0.25) is 0 Å². The number of hydrogen-bond donors (Lipinski definition) is 0. The third-order valence-electron chi connectivity index (χ3n) is 3.18. The Labute approximate surface area is 126 Å². The Morgan fingerprint density at radius 3 is 2.19 bits per heavy atom. The smallest absolute Gasteiger partial charge is 0.347 e. The van der Waals surface area contributed by atoms with Crippen molar-refractivity contribution >= 4 is 28.8 Å². The zero-order chi connectivity index (χ0) is 15.7. The van der Waals surface area contributed by atoms with Gasteiger partial charge < -0.3 is 14.2 Å². The van der Waals surface area contributed by atoms with Crippen LogP contribution in [0.25, 0.3) is 5.57 Å². The monoisotopic (exact) mass is 308 g/mol. The minimum Gasteiger partial charge on any atom is -0.487 e. The van der Waals surface area contributed by atoms with Crippen molar-refractivity contribution in [3.8, 4) is 10.1 Å². The second kappa shape index (κ2) is 5.73. The summed E-state index contributed by atoms with van der Waals surface area (Å²) >= 11 is 1.33. The maximum Gasteiger partial charge on any atom is 0.347 e. The third kappa shape index (κ3) is 2.58. The summed E-state index contributed by atoms with van der Waals surface area (Å²) < 4.78 is 15.2. The molecule has 0 amide bonds. The van der Waals surface area contributed by atoms with Crippen LogP contribution in [0.4, 0.5) is 0 Å². The van der Waals surface area contributed by atoms with E-state index >= 15 is 0 Å². The van der Waals surface area contributed by atoms with Crippen molar-refractivity contribution in [1.82, 2.24) is 0 Å². The fraction of sp³-hybridized carbons (Fsp3) is 0.333. The first-order valence-corrected chi connectivity index (χ1v) is 7.09. The van der Waals surface area contributed by atoms with Gasteiger partial charge in [-0.1, -0.05) is 16.9 Å². The van der Waals surface area contributed by atoms with E-state index in [1.54, 1.807) is 41.1 Å². The molecule has 0 aromatic carbocycles. The topological polar surface area (TPSA) is 61.8 Å². The molecule has 2 heterocycles. The van der Waals surface area contributed by atoms with Crippen molar-refractivity contribution in [2.24, 2.45) is 0 Å². The quantitative estimate of drug-likeness (QED) is 0.488. The van der Waals surface area contributed by atoms with Crippen LogP contribution in [0.3, 0.4) is 0 Å². The highest BCUT2D eigenvalue weighted by Crippen LogP contribution is 2.42. The molecule has 0 N–H and O–H groups in total. The Bertz CT molecular complexity index is 674. The maximum absolute atomic E-state index is 12.0. The highest BCUT2D eigenvalue weighted by Gasteiger charge is 2.36. The van der Waals surface area contributed by atoms with Gasteiger partial charge in [0.1, 0.15) is 0 Å². The first-order valence-electron chi connectivity index (χ1n) is 6.28. The number of rotatable bonds is 3. The number of ether oxygens (including phenoxy) is 3. The van der Waals surface area contributed by atoms with Crippen molar-refractivity contribution in [3.05, 3.63) is 28.3 Å². The van der Waals surface area contributed by atoms with Crippen LogP contribution >= 0.6 is 11.3 Å². The lowest BCUT2D eigenvalue weighted by Crippen LogP contribution is -1.99. The Balaban J connectivity index is 2.67. The van der Waals surface area contributed by atoms with E-state index < -0.39 is 11.9 Å². The second-order valence-electron chi connectivity index (χ2n) is 4.73. The molecule has 0 bridgehead atoms. The zero-order valence-electron chi connectivity index (χ0n) is 12.5. The molecule has 6 heteroatoms. The number of carbonyl (C=O) groups excluding carboxylic acids is 2. The van der Waals surface area contributed by atoms with Gasteiger partial charge in [-0.25, -0.2) is 9.59 Å². The molecule has 1 fully saturated rings. The lowest BCUT2D eigenvalue weighted by Gasteiger charge is -2.06. The number of carbonyl (C=O) groups is 2. The number of hydrogen-bond acceptors (Lipinski definition) is 6. The standard InChI is InChI=1S/C15H16O5S/c1-7(2)11-12(14(17)20-13(11)16)8(3)9-6-10(18-4)21-15(9)19-5/h6H,1-5H3/b12-8-. The van der Waals surface area contributed by atoms with E-state index in [-0.39, 0.29) is 0 Å². The normalized spacial score (nSPS) is 16.9. The molecule has 0 aliphatic carbocycles. The van der Waals surface area contributed by atoms with E-state index in [1.807, 2.05) is 0 Å². The molecule has 0 saturated carbocycles. The number of allylic oxidation sites excluding steroid dienone is 2. The fourth-order valence-corrected chi connectivity index (χ4v) is 3.03. The van der Waals surface area contributed by atoms with Gasteiger partial charge in [-0.05, 0) is 26.3 Å². The molecular formula is C15H16O5S. The average molecular weight is 308 g/mol. The molecule has 1 saturated heterocycles. The van der Waals surface area contributed by atoms with Gasteiger partial charge in [0.15, 0.2) is 10.1 Å². The minimum atomic E-state index is -0.624. The molecule has 0 atom stereocenters. The van der Waals surface area contributed by atoms with Gasteiger partial charge in [0, 0.05) is 11.6 Å². The van der Waals surface area contributed by atoms with Crippen LogP contribution in [0, 0.1) is 0 Å². The summed E-state index contributed by atoms with van der Waals surface area (Å²) in [6.45, 7) is 5.31. The molecular weight excluding hydrogens is 292 g/mol. The molecule has 5 nitrogen and oxygen atoms in total. The SMILES string of the molecule is COc1cc(/C(C)=C2\C(=O)OC(=O)C2=C(C)C)c(OC)s1. The Hall–Kier alpha value is -2.08. The highest BCUT2D eigenvalue weighted by atomic mass is 32.1. The third-order valence-corrected chi connectivity index (χ3v) is 4.24. The predicted octanol–water partition coefficient (Wildman–Crippen LogP) is 2.96. The van der Waals surface area contributed by atoms with Crippen LogP contribution in [0.5, 0.6) is 10.1 Å². The van der Waals surface area contributed by atoms with Crippen molar-refractivity contribution in [3.63, 3.8) is 0 Å². The molecule has 1 aliphatic rings. The van der Waals surface area contributed by atoms with Gasteiger partial charge >= 0.3 is 11.9 Å². The summed E-state index contributed by atoms with van der Waals surface area (Å²) in [6.07, 6.45) is 0. The molecule has 21 heavy (non-hydrogen) atoms. The van der Waals surface area contributed by atoms with E-state index in [4.69, 9.17) is 14.2 Å². The molecule has 0 radical (unpaired) electrons. The van der Waals surface area contributed by atoms with Gasteiger partial charge in [0.05, 0.1) is 25.4 Å². The van der Waals surface area contributed by atoms with Gasteiger partial charge in [-0.2, -0.15) is 0 Å². The maximum atomic E-state index is 12.0. The van der Waals surface area contributed by atoms with Gasteiger partial charge in [0.2, 0.25) is 0 Å². The summed E-state index contributed by atoms with van der Waals surface area (Å²) in [7, 11) is 3.11. The Kier molecular flexibility index (Phi) is 4.18. The molecule has 112 valence electrons. The van der Waals surface area contributed by atoms with Crippen LogP contribution in [0.15, 0.2) is 22.8 Å². The highest BCUT2D eigenvalue weighted by molar-refractivity contribution is 7.16. The molecule has 2 rings (SSSR count). The number of thiophene rings is 1. The van der Waals surface area contributed by atoms with Gasteiger partial charge in [-0.15, -0.1) is 0 Å². The van der Waals surface area contributed by atoms with Crippen LogP contribution in [-0.4, -0.2) is 26.2 Å². The molecule has 1 aliphatic heterocycles. The molecule has 0 spiro atoms. The first kappa shape index (κ1) is 15.3. The van der Waals surface area contributed by atoms with Crippen LogP contribution in [-0.2, 0) is 14.3 Å². The lowest BCUT2D eigenvalue weighted by atomic mass is 9.96. The van der Waals surface area contributed by atoms with E-state index in [0.717, 1.165) is 11.1 Å².